The van der Waals surface area contributed by atoms with Crippen molar-refractivity contribution in [1.82, 2.24) is 9.97 Å². The molecule has 0 amide bonds. The van der Waals surface area contributed by atoms with Crippen LogP contribution in [-0.2, 0) is 6.42 Å². The summed E-state index contributed by atoms with van der Waals surface area (Å²) in [5, 5.41) is 4.05. The van der Waals surface area contributed by atoms with Gasteiger partial charge in [-0.2, -0.15) is 0 Å². The van der Waals surface area contributed by atoms with Crippen molar-refractivity contribution in [2.24, 2.45) is 0 Å². The molecule has 0 bridgehead atoms. The Balaban J connectivity index is 1.61. The number of allylic oxidation sites excluding steroid dienone is 3. The minimum Gasteiger partial charge on any atom is -0.324 e. The number of halogens is 1. The van der Waals surface area contributed by atoms with Gasteiger partial charge in [-0.15, -0.1) is 0 Å². The third-order valence-electron chi connectivity index (χ3n) is 4.97. The smallest absolute Gasteiger partial charge is 0.227 e. The van der Waals surface area contributed by atoms with Crippen molar-refractivity contribution in [2.45, 2.75) is 12.3 Å². The highest BCUT2D eigenvalue weighted by Crippen LogP contribution is 2.43. The molecule has 0 aliphatic heterocycles. The molecule has 3 nitrogen and oxygen atoms in total. The van der Waals surface area contributed by atoms with Crippen LogP contribution in [0.2, 0.25) is 5.02 Å². The maximum Gasteiger partial charge on any atom is 0.227 e. The average Bonchev–Trinajstić information content (AvgIpc) is 2.65. The first-order chi connectivity index (χ1) is 12.8. The van der Waals surface area contributed by atoms with Gasteiger partial charge in [-0.1, -0.05) is 60.1 Å². The fraction of sp³-hybridized carbons (Fsp3) is 0.0909. The van der Waals surface area contributed by atoms with Gasteiger partial charge in [-0.25, -0.2) is 9.97 Å². The maximum atomic E-state index is 6.50. The first kappa shape index (κ1) is 15.4. The van der Waals surface area contributed by atoms with Gasteiger partial charge < -0.3 is 5.32 Å². The van der Waals surface area contributed by atoms with Gasteiger partial charge in [0, 0.05) is 28.4 Å². The van der Waals surface area contributed by atoms with Crippen molar-refractivity contribution in [2.75, 3.05) is 5.32 Å². The molecule has 0 fully saturated rings. The second kappa shape index (κ2) is 6.11. The van der Waals surface area contributed by atoms with E-state index in [-0.39, 0.29) is 5.92 Å². The molecule has 1 unspecified atom stereocenters. The Bertz CT molecular complexity index is 1070. The van der Waals surface area contributed by atoms with Crippen LogP contribution >= 0.6 is 11.6 Å². The van der Waals surface area contributed by atoms with Crippen molar-refractivity contribution in [3.05, 3.63) is 100 Å². The monoisotopic (exact) mass is 357 g/mol. The molecule has 2 aromatic carbocycles. The van der Waals surface area contributed by atoms with Crippen LogP contribution in [0, 0.1) is 0 Å². The molecule has 1 atom stereocenters. The number of hydrogen-bond acceptors (Lipinski definition) is 3. The second-order valence-electron chi connectivity index (χ2n) is 6.54. The molecule has 0 radical (unpaired) electrons. The van der Waals surface area contributed by atoms with Gasteiger partial charge in [-0.05, 0) is 41.3 Å². The quantitative estimate of drug-likeness (QED) is 0.686. The molecule has 0 saturated heterocycles. The lowest BCUT2D eigenvalue weighted by Gasteiger charge is -2.28. The Morgan fingerprint density at radius 1 is 1.00 bits per heavy atom. The number of aromatic nitrogens is 2. The lowest BCUT2D eigenvalue weighted by molar-refractivity contribution is 0.782. The summed E-state index contributed by atoms with van der Waals surface area (Å²) in [6.45, 7) is 0. The number of nitrogens with one attached hydrogen (secondary N) is 1. The van der Waals surface area contributed by atoms with E-state index < -0.39 is 0 Å². The maximum absolute atomic E-state index is 6.50. The average molecular weight is 358 g/mol. The van der Waals surface area contributed by atoms with Gasteiger partial charge in [0.2, 0.25) is 5.95 Å². The molecule has 1 N–H and O–H groups in total. The fourth-order valence-corrected chi connectivity index (χ4v) is 3.90. The number of benzene rings is 2. The lowest BCUT2D eigenvalue weighted by atomic mass is 9.78. The van der Waals surface area contributed by atoms with Crippen molar-refractivity contribution in [3.8, 4) is 11.3 Å². The number of hydrogen-bond donors (Lipinski definition) is 1. The minimum atomic E-state index is 0.215. The van der Waals surface area contributed by atoms with E-state index in [1.807, 2.05) is 42.6 Å². The molecule has 0 spiro atoms. The highest BCUT2D eigenvalue weighted by molar-refractivity contribution is 6.31. The summed E-state index contributed by atoms with van der Waals surface area (Å²) in [4.78, 5) is 9.30. The van der Waals surface area contributed by atoms with Crippen molar-refractivity contribution >= 4 is 17.5 Å². The van der Waals surface area contributed by atoms with Crippen LogP contribution in [0.15, 0.2) is 78.7 Å². The zero-order chi connectivity index (χ0) is 17.5. The van der Waals surface area contributed by atoms with Crippen LogP contribution in [-0.4, -0.2) is 9.97 Å². The Morgan fingerprint density at radius 3 is 2.54 bits per heavy atom. The van der Waals surface area contributed by atoms with Crippen LogP contribution in [0.5, 0.6) is 0 Å². The number of fused-ring (bicyclic) bond motifs is 3. The molecule has 26 heavy (non-hydrogen) atoms. The summed E-state index contributed by atoms with van der Waals surface area (Å²) < 4.78 is 0. The van der Waals surface area contributed by atoms with E-state index in [9.17, 15) is 0 Å². The molecule has 126 valence electrons. The van der Waals surface area contributed by atoms with Crippen LogP contribution < -0.4 is 5.32 Å². The molecule has 2 aliphatic carbocycles. The molecular formula is C22H16ClN3. The normalized spacial score (nSPS) is 17.0. The fourth-order valence-electron chi connectivity index (χ4n) is 3.64. The highest BCUT2D eigenvalue weighted by Gasteiger charge is 2.28. The minimum absolute atomic E-state index is 0.215. The topological polar surface area (TPSA) is 37.8 Å². The van der Waals surface area contributed by atoms with Crippen molar-refractivity contribution in [3.63, 3.8) is 0 Å². The van der Waals surface area contributed by atoms with E-state index in [4.69, 9.17) is 16.6 Å². The summed E-state index contributed by atoms with van der Waals surface area (Å²) in [7, 11) is 0. The van der Waals surface area contributed by atoms with E-state index >= 15 is 0 Å². The molecule has 1 heterocycles. The molecular weight excluding hydrogens is 342 g/mol. The molecule has 0 saturated carbocycles. The molecule has 2 aliphatic rings. The van der Waals surface area contributed by atoms with Crippen LogP contribution in [0.3, 0.4) is 0 Å². The standard InChI is InChI=1S/C22H16ClN3/c23-20-11-4-3-9-17(20)19-12-14-13-24-22(25-15-6-5-7-15)26-21(14)18-10-2-1-8-16(18)19/h1-11,13,19H,12H2,(H,24,25,26). The molecule has 4 heteroatoms. The first-order valence-corrected chi connectivity index (χ1v) is 9.02. The summed E-state index contributed by atoms with van der Waals surface area (Å²) in [6.07, 6.45) is 8.78. The van der Waals surface area contributed by atoms with Crippen molar-refractivity contribution in [1.29, 1.82) is 0 Å². The van der Waals surface area contributed by atoms with Gasteiger partial charge in [-0.3, -0.25) is 0 Å². The largest absolute Gasteiger partial charge is 0.324 e. The van der Waals surface area contributed by atoms with Gasteiger partial charge in [0.15, 0.2) is 0 Å². The Hall–Kier alpha value is -2.91. The number of anilines is 1. The Labute approximate surface area is 157 Å². The van der Waals surface area contributed by atoms with E-state index in [2.05, 4.69) is 40.6 Å². The predicted octanol–water partition coefficient (Wildman–Crippen LogP) is 5.35. The second-order valence-corrected chi connectivity index (χ2v) is 6.95. The summed E-state index contributed by atoms with van der Waals surface area (Å²) in [6, 6.07) is 16.5. The van der Waals surface area contributed by atoms with Crippen LogP contribution in [0.25, 0.3) is 11.3 Å². The zero-order valence-corrected chi connectivity index (χ0v) is 14.7. The summed E-state index contributed by atoms with van der Waals surface area (Å²) in [5.74, 6) is 0.845. The summed E-state index contributed by atoms with van der Waals surface area (Å²) >= 11 is 6.50. The van der Waals surface area contributed by atoms with E-state index in [1.54, 1.807) is 0 Å². The zero-order valence-electron chi connectivity index (χ0n) is 14.0. The van der Waals surface area contributed by atoms with Gasteiger partial charge in [0.05, 0.1) is 5.69 Å². The van der Waals surface area contributed by atoms with Crippen molar-refractivity contribution < 1.29 is 0 Å². The number of rotatable bonds is 3. The van der Waals surface area contributed by atoms with E-state index in [0.29, 0.717) is 5.95 Å². The Morgan fingerprint density at radius 2 is 1.77 bits per heavy atom. The summed E-state index contributed by atoms with van der Waals surface area (Å²) in [5.41, 5.74) is 6.76. The number of nitrogens with zero attached hydrogens (tertiary/aromatic N) is 2. The SMILES string of the molecule is Clc1ccccc1C1Cc2cnc(NC3=CC=C3)nc2-c2ccccc21. The van der Waals surface area contributed by atoms with Gasteiger partial charge >= 0.3 is 0 Å². The third-order valence-corrected chi connectivity index (χ3v) is 5.31. The van der Waals surface area contributed by atoms with Crippen LogP contribution in [0.4, 0.5) is 5.95 Å². The first-order valence-electron chi connectivity index (χ1n) is 8.64. The van der Waals surface area contributed by atoms with E-state index in [0.717, 1.165) is 39.5 Å². The Kier molecular flexibility index (Phi) is 3.61. The van der Waals surface area contributed by atoms with Gasteiger partial charge in [0.25, 0.3) is 0 Å². The van der Waals surface area contributed by atoms with E-state index in [1.165, 1.54) is 5.56 Å². The molecule has 5 rings (SSSR count). The molecule has 1 aromatic heterocycles. The lowest BCUT2D eigenvalue weighted by Crippen LogP contribution is -2.15. The highest BCUT2D eigenvalue weighted by atomic mass is 35.5. The molecule has 3 aromatic rings. The van der Waals surface area contributed by atoms with Crippen LogP contribution in [0.1, 0.15) is 22.6 Å². The predicted molar refractivity (Wildman–Crippen MR) is 105 cm³/mol. The third kappa shape index (κ3) is 2.52. The van der Waals surface area contributed by atoms with Gasteiger partial charge in [0.1, 0.15) is 0 Å².